The number of ether oxygens (including phenoxy) is 1. The molecule has 0 spiro atoms. The fourth-order valence-electron chi connectivity index (χ4n) is 3.60. The van der Waals surface area contributed by atoms with Crippen molar-refractivity contribution in [2.45, 2.75) is 0 Å². The maximum atomic E-state index is 13.3. The highest BCUT2D eigenvalue weighted by molar-refractivity contribution is 7.80. The molecule has 162 valence electrons. The van der Waals surface area contributed by atoms with E-state index < -0.39 is 11.8 Å². The summed E-state index contributed by atoms with van der Waals surface area (Å²) in [6.45, 7) is 0. The monoisotopic (exact) mass is 454 g/mol. The zero-order valence-electron chi connectivity index (χ0n) is 17.6. The highest BCUT2D eigenvalue weighted by Gasteiger charge is 2.35. The number of carbonyl (C=O) groups is 2. The number of amides is 2. The van der Waals surface area contributed by atoms with E-state index in [9.17, 15) is 9.59 Å². The third-order valence-electron chi connectivity index (χ3n) is 5.27. The van der Waals surface area contributed by atoms with Gasteiger partial charge >= 0.3 is 0 Å². The first-order valence-corrected chi connectivity index (χ1v) is 10.6. The van der Waals surface area contributed by atoms with Gasteiger partial charge in [-0.2, -0.15) is 0 Å². The molecule has 0 bridgehead atoms. The van der Waals surface area contributed by atoms with Crippen molar-refractivity contribution in [2.75, 3.05) is 4.90 Å². The number of fused-ring (bicyclic) bond motifs is 1. The van der Waals surface area contributed by atoms with Crippen molar-refractivity contribution in [3.05, 3.63) is 90.3 Å². The summed E-state index contributed by atoms with van der Waals surface area (Å²) in [5, 5.41) is 2.61. The van der Waals surface area contributed by atoms with E-state index >= 15 is 0 Å². The van der Waals surface area contributed by atoms with Gasteiger partial charge in [-0.05, 0) is 66.8 Å². The Balaban J connectivity index is 1.45. The SMILES string of the molecule is Cn1c(/C=C2/C(=O)NC(=S)N(c3ccc(Oc4ccccc4)cc3)C2=O)nc2ccccc21. The highest BCUT2D eigenvalue weighted by atomic mass is 32.1. The highest BCUT2D eigenvalue weighted by Crippen LogP contribution is 2.27. The first-order chi connectivity index (χ1) is 16.0. The van der Waals surface area contributed by atoms with Crippen LogP contribution in [0.1, 0.15) is 5.82 Å². The molecule has 2 heterocycles. The van der Waals surface area contributed by atoms with Crippen LogP contribution >= 0.6 is 12.2 Å². The van der Waals surface area contributed by atoms with Crippen LogP contribution in [0.4, 0.5) is 5.69 Å². The Hall–Kier alpha value is -4.30. The molecule has 1 aliphatic heterocycles. The molecule has 1 aliphatic rings. The van der Waals surface area contributed by atoms with Gasteiger partial charge in [-0.3, -0.25) is 19.8 Å². The first kappa shape index (κ1) is 20.6. The van der Waals surface area contributed by atoms with E-state index in [0.29, 0.717) is 23.0 Å². The van der Waals surface area contributed by atoms with Gasteiger partial charge in [0.15, 0.2) is 5.11 Å². The molecular weight excluding hydrogens is 436 g/mol. The Morgan fingerprint density at radius 2 is 1.58 bits per heavy atom. The molecule has 4 aromatic rings. The summed E-state index contributed by atoms with van der Waals surface area (Å²) in [5.74, 6) is 0.730. The van der Waals surface area contributed by atoms with Gasteiger partial charge in [0.2, 0.25) is 0 Å². The van der Waals surface area contributed by atoms with Crippen LogP contribution in [0.25, 0.3) is 17.1 Å². The summed E-state index contributed by atoms with van der Waals surface area (Å²) in [7, 11) is 1.83. The first-order valence-electron chi connectivity index (χ1n) is 10.2. The lowest BCUT2D eigenvalue weighted by Crippen LogP contribution is -2.54. The molecule has 8 heteroatoms. The van der Waals surface area contributed by atoms with E-state index in [0.717, 1.165) is 11.0 Å². The largest absolute Gasteiger partial charge is 0.457 e. The van der Waals surface area contributed by atoms with Gasteiger partial charge in [0.25, 0.3) is 11.8 Å². The molecule has 0 aliphatic carbocycles. The zero-order chi connectivity index (χ0) is 22.9. The van der Waals surface area contributed by atoms with Crippen molar-refractivity contribution in [1.82, 2.24) is 14.9 Å². The lowest BCUT2D eigenvalue weighted by atomic mass is 10.1. The van der Waals surface area contributed by atoms with Crippen molar-refractivity contribution in [2.24, 2.45) is 7.05 Å². The van der Waals surface area contributed by atoms with Gasteiger partial charge in [-0.25, -0.2) is 4.98 Å². The predicted octanol–water partition coefficient (Wildman–Crippen LogP) is 4.20. The number of aryl methyl sites for hydroxylation is 1. The molecule has 0 saturated carbocycles. The normalized spacial score (nSPS) is 15.2. The van der Waals surface area contributed by atoms with Gasteiger partial charge in [-0.15, -0.1) is 0 Å². The van der Waals surface area contributed by atoms with Gasteiger partial charge in [0.1, 0.15) is 22.9 Å². The van der Waals surface area contributed by atoms with Gasteiger partial charge in [0, 0.05) is 7.05 Å². The number of anilines is 1. The number of rotatable bonds is 4. The summed E-state index contributed by atoms with van der Waals surface area (Å²) >= 11 is 5.29. The number of imidazole rings is 1. The van der Waals surface area contributed by atoms with Crippen LogP contribution in [0.15, 0.2) is 84.4 Å². The number of thiocarbonyl (C=S) groups is 1. The van der Waals surface area contributed by atoms with Crippen molar-refractivity contribution < 1.29 is 14.3 Å². The van der Waals surface area contributed by atoms with Crippen LogP contribution in [0.5, 0.6) is 11.5 Å². The third-order valence-corrected chi connectivity index (χ3v) is 5.56. The van der Waals surface area contributed by atoms with Crippen LogP contribution in [0.3, 0.4) is 0 Å². The average molecular weight is 455 g/mol. The molecule has 1 N–H and O–H groups in total. The molecule has 0 atom stereocenters. The Kier molecular flexibility index (Phi) is 5.20. The summed E-state index contributed by atoms with van der Waals surface area (Å²) in [4.78, 5) is 31.7. The number of aromatic nitrogens is 2. The average Bonchev–Trinajstić information content (AvgIpc) is 3.14. The van der Waals surface area contributed by atoms with Gasteiger partial charge in [-0.1, -0.05) is 30.3 Å². The molecule has 7 nitrogen and oxygen atoms in total. The minimum Gasteiger partial charge on any atom is -0.457 e. The second kappa shape index (κ2) is 8.33. The molecule has 1 saturated heterocycles. The number of nitrogens with zero attached hydrogens (tertiary/aromatic N) is 3. The topological polar surface area (TPSA) is 76.5 Å². The predicted molar refractivity (Wildman–Crippen MR) is 130 cm³/mol. The fourth-order valence-corrected chi connectivity index (χ4v) is 3.88. The smallest absolute Gasteiger partial charge is 0.270 e. The molecule has 1 aromatic heterocycles. The number of hydrogen-bond acceptors (Lipinski definition) is 5. The van der Waals surface area contributed by atoms with Crippen molar-refractivity contribution in [1.29, 1.82) is 0 Å². The second-order valence-corrected chi connectivity index (χ2v) is 7.77. The van der Waals surface area contributed by atoms with Crippen molar-refractivity contribution >= 4 is 51.9 Å². The Labute approximate surface area is 194 Å². The second-order valence-electron chi connectivity index (χ2n) is 7.38. The van der Waals surface area contributed by atoms with Crippen LogP contribution < -0.4 is 15.0 Å². The van der Waals surface area contributed by atoms with Crippen LogP contribution in [-0.4, -0.2) is 26.5 Å². The van der Waals surface area contributed by atoms with Crippen molar-refractivity contribution in [3.8, 4) is 11.5 Å². The Morgan fingerprint density at radius 3 is 2.30 bits per heavy atom. The molecule has 1 fully saturated rings. The van der Waals surface area contributed by atoms with Gasteiger partial charge in [0.05, 0.1) is 16.7 Å². The summed E-state index contributed by atoms with van der Waals surface area (Å²) in [6, 6.07) is 23.9. The van der Waals surface area contributed by atoms with Crippen LogP contribution in [0, 0.1) is 0 Å². The lowest BCUT2D eigenvalue weighted by Gasteiger charge is -2.28. The van der Waals surface area contributed by atoms with E-state index in [1.807, 2.05) is 66.2 Å². The Morgan fingerprint density at radius 1 is 0.909 bits per heavy atom. The maximum absolute atomic E-state index is 13.3. The van der Waals surface area contributed by atoms with E-state index in [2.05, 4.69) is 10.3 Å². The molecule has 3 aromatic carbocycles. The summed E-state index contributed by atoms with van der Waals surface area (Å²) in [6.07, 6.45) is 1.49. The lowest BCUT2D eigenvalue weighted by molar-refractivity contribution is -0.122. The number of nitrogens with one attached hydrogen (secondary N) is 1. The van der Waals surface area contributed by atoms with Crippen molar-refractivity contribution in [3.63, 3.8) is 0 Å². The Bertz CT molecular complexity index is 1430. The minimum absolute atomic E-state index is 0.0175. The van der Waals surface area contributed by atoms with E-state index in [-0.39, 0.29) is 10.7 Å². The van der Waals surface area contributed by atoms with E-state index in [1.54, 1.807) is 24.3 Å². The van der Waals surface area contributed by atoms with E-state index in [4.69, 9.17) is 17.0 Å². The molecule has 33 heavy (non-hydrogen) atoms. The number of carbonyl (C=O) groups excluding carboxylic acids is 2. The molecule has 0 radical (unpaired) electrons. The fraction of sp³-hybridized carbons (Fsp3) is 0.0400. The van der Waals surface area contributed by atoms with Gasteiger partial charge < -0.3 is 9.30 Å². The maximum Gasteiger partial charge on any atom is 0.270 e. The quantitative estimate of drug-likeness (QED) is 0.284. The summed E-state index contributed by atoms with van der Waals surface area (Å²) in [5.41, 5.74) is 2.14. The third kappa shape index (κ3) is 3.88. The summed E-state index contributed by atoms with van der Waals surface area (Å²) < 4.78 is 7.63. The van der Waals surface area contributed by atoms with Crippen LogP contribution in [0.2, 0.25) is 0 Å². The standard InChI is InChI=1S/C25H18N4O3S/c1-28-21-10-6-5-9-20(21)26-22(28)15-19-23(30)27-25(33)29(24(19)31)16-11-13-18(14-12-16)32-17-7-3-2-4-8-17/h2-15H,1H3,(H,27,30,33)/b19-15-. The number of hydrogen-bond donors (Lipinski definition) is 1. The number of para-hydroxylation sites is 3. The van der Waals surface area contributed by atoms with Crippen LogP contribution in [-0.2, 0) is 16.6 Å². The zero-order valence-corrected chi connectivity index (χ0v) is 18.4. The molecular formula is C25H18N4O3S. The molecule has 2 amide bonds. The molecule has 0 unspecified atom stereocenters. The molecule has 5 rings (SSSR count). The van der Waals surface area contributed by atoms with E-state index in [1.165, 1.54) is 11.0 Å². The number of benzene rings is 3. The minimum atomic E-state index is -0.558.